The van der Waals surface area contributed by atoms with Gasteiger partial charge in [0.15, 0.2) is 11.5 Å². The van der Waals surface area contributed by atoms with Crippen LogP contribution in [0.4, 0.5) is 4.79 Å². The minimum atomic E-state index is -0.254. The van der Waals surface area contributed by atoms with E-state index in [4.69, 9.17) is 14.2 Å². The Balaban J connectivity index is 1.86. The largest absolute Gasteiger partial charge is 0.493 e. The molecule has 140 valence electrons. The standard InChI is InChI=1S/C21H22N2O4/c1-25-16-10-13(11-17(26-2)20(16)27-3)18-15-9-8-12-6-4-5-7-14(12)19(15)23-21(24)22-18/h4-7,10-11,18H,8-9H2,1-3H3,(H2,22,23,24). The maximum absolute atomic E-state index is 12.4. The summed E-state index contributed by atoms with van der Waals surface area (Å²) in [7, 11) is 4.75. The number of aryl methyl sites for hydroxylation is 1. The van der Waals surface area contributed by atoms with Crippen LogP contribution in [0.3, 0.4) is 0 Å². The van der Waals surface area contributed by atoms with Gasteiger partial charge >= 0.3 is 6.03 Å². The van der Waals surface area contributed by atoms with E-state index in [9.17, 15) is 4.79 Å². The molecular formula is C21H22N2O4. The fraction of sp³-hybridized carbons (Fsp3) is 0.286. The first-order valence-corrected chi connectivity index (χ1v) is 8.85. The van der Waals surface area contributed by atoms with Crippen molar-refractivity contribution in [2.75, 3.05) is 21.3 Å². The number of carbonyl (C=O) groups excluding carboxylic acids is 1. The Kier molecular flexibility index (Phi) is 4.39. The molecule has 6 heteroatoms. The number of urea groups is 1. The van der Waals surface area contributed by atoms with Gasteiger partial charge in [-0.3, -0.25) is 0 Å². The zero-order chi connectivity index (χ0) is 19.0. The van der Waals surface area contributed by atoms with Gasteiger partial charge in [-0.15, -0.1) is 0 Å². The molecule has 2 amide bonds. The van der Waals surface area contributed by atoms with Gasteiger partial charge < -0.3 is 24.8 Å². The Labute approximate surface area is 158 Å². The topological polar surface area (TPSA) is 68.8 Å². The number of rotatable bonds is 4. The van der Waals surface area contributed by atoms with Crippen molar-refractivity contribution in [3.63, 3.8) is 0 Å². The maximum Gasteiger partial charge on any atom is 0.319 e. The molecule has 1 aliphatic carbocycles. The van der Waals surface area contributed by atoms with Crippen LogP contribution in [0.15, 0.2) is 42.0 Å². The highest BCUT2D eigenvalue weighted by molar-refractivity contribution is 5.91. The molecule has 4 rings (SSSR count). The molecule has 2 aliphatic rings. The van der Waals surface area contributed by atoms with Crippen molar-refractivity contribution >= 4 is 11.7 Å². The van der Waals surface area contributed by atoms with Crippen LogP contribution in [0.2, 0.25) is 0 Å². The molecule has 0 bridgehead atoms. The van der Waals surface area contributed by atoms with E-state index in [1.807, 2.05) is 24.3 Å². The second-order valence-electron chi connectivity index (χ2n) is 6.55. The lowest BCUT2D eigenvalue weighted by atomic mass is 9.82. The van der Waals surface area contributed by atoms with Crippen molar-refractivity contribution in [2.45, 2.75) is 18.9 Å². The van der Waals surface area contributed by atoms with E-state index in [1.165, 1.54) is 5.56 Å². The number of hydrogen-bond donors (Lipinski definition) is 2. The van der Waals surface area contributed by atoms with Gasteiger partial charge in [0.2, 0.25) is 5.75 Å². The van der Waals surface area contributed by atoms with Crippen LogP contribution in [-0.4, -0.2) is 27.4 Å². The predicted molar refractivity (Wildman–Crippen MR) is 102 cm³/mol. The van der Waals surface area contributed by atoms with Gasteiger partial charge in [0.1, 0.15) is 0 Å². The molecule has 0 saturated heterocycles. The summed E-state index contributed by atoms with van der Waals surface area (Å²) in [6, 6.07) is 11.5. The Morgan fingerprint density at radius 2 is 1.67 bits per heavy atom. The number of hydrogen-bond acceptors (Lipinski definition) is 4. The van der Waals surface area contributed by atoms with E-state index in [0.29, 0.717) is 17.2 Å². The SMILES string of the molecule is COc1cc(C2NC(=O)NC3=C2CCc2ccccc23)cc(OC)c1OC. The predicted octanol–water partition coefficient (Wildman–Crippen LogP) is 3.42. The second kappa shape index (κ2) is 6.87. The quantitative estimate of drug-likeness (QED) is 0.870. The minimum Gasteiger partial charge on any atom is -0.493 e. The summed E-state index contributed by atoms with van der Waals surface area (Å²) in [5, 5.41) is 6.04. The van der Waals surface area contributed by atoms with Crippen LogP contribution < -0.4 is 24.8 Å². The van der Waals surface area contributed by atoms with Gasteiger partial charge in [-0.05, 0) is 41.7 Å². The van der Waals surface area contributed by atoms with Crippen LogP contribution in [0.5, 0.6) is 17.2 Å². The van der Waals surface area contributed by atoms with Crippen molar-refractivity contribution in [3.8, 4) is 17.2 Å². The monoisotopic (exact) mass is 366 g/mol. The third kappa shape index (κ3) is 2.87. The molecule has 2 aromatic rings. The van der Waals surface area contributed by atoms with Gasteiger partial charge in [-0.25, -0.2) is 4.79 Å². The van der Waals surface area contributed by atoms with Crippen LogP contribution in [-0.2, 0) is 6.42 Å². The normalized spacial score (nSPS) is 18.0. The summed E-state index contributed by atoms with van der Waals surface area (Å²) in [6.45, 7) is 0. The van der Waals surface area contributed by atoms with Gasteiger partial charge in [-0.1, -0.05) is 24.3 Å². The highest BCUT2D eigenvalue weighted by atomic mass is 16.5. The Hall–Kier alpha value is -3.15. The molecule has 0 fully saturated rings. The number of nitrogens with one attached hydrogen (secondary N) is 2. The number of amides is 2. The molecule has 0 saturated carbocycles. The van der Waals surface area contributed by atoms with Crippen molar-refractivity contribution in [2.24, 2.45) is 0 Å². The van der Waals surface area contributed by atoms with Crippen molar-refractivity contribution in [1.82, 2.24) is 10.6 Å². The molecule has 27 heavy (non-hydrogen) atoms. The summed E-state index contributed by atoms with van der Waals surface area (Å²) in [6.07, 6.45) is 1.80. The van der Waals surface area contributed by atoms with Crippen LogP contribution in [0.1, 0.15) is 29.2 Å². The van der Waals surface area contributed by atoms with E-state index in [1.54, 1.807) is 21.3 Å². The number of benzene rings is 2. The Morgan fingerprint density at radius 1 is 0.963 bits per heavy atom. The number of methoxy groups -OCH3 is 3. The summed E-state index contributed by atoms with van der Waals surface area (Å²) in [5.41, 5.74) is 5.29. The maximum atomic E-state index is 12.4. The lowest BCUT2D eigenvalue weighted by Crippen LogP contribution is -2.44. The Morgan fingerprint density at radius 3 is 2.33 bits per heavy atom. The molecule has 2 N–H and O–H groups in total. The van der Waals surface area contributed by atoms with Crippen LogP contribution in [0.25, 0.3) is 5.70 Å². The van der Waals surface area contributed by atoms with Gasteiger partial charge in [-0.2, -0.15) is 0 Å². The van der Waals surface area contributed by atoms with Gasteiger partial charge in [0.25, 0.3) is 0 Å². The van der Waals surface area contributed by atoms with Crippen molar-refractivity contribution in [1.29, 1.82) is 0 Å². The third-order valence-electron chi connectivity index (χ3n) is 5.15. The van der Waals surface area contributed by atoms with E-state index in [-0.39, 0.29) is 12.1 Å². The number of fused-ring (bicyclic) bond motifs is 2. The summed E-state index contributed by atoms with van der Waals surface area (Å²) in [4.78, 5) is 12.4. The average Bonchev–Trinajstić information content (AvgIpc) is 2.71. The van der Waals surface area contributed by atoms with Gasteiger partial charge in [0.05, 0.1) is 33.1 Å². The highest BCUT2D eigenvalue weighted by Crippen LogP contribution is 2.44. The smallest absolute Gasteiger partial charge is 0.319 e. The highest BCUT2D eigenvalue weighted by Gasteiger charge is 2.33. The summed E-state index contributed by atoms with van der Waals surface area (Å²) < 4.78 is 16.4. The molecule has 1 unspecified atom stereocenters. The van der Waals surface area contributed by atoms with E-state index < -0.39 is 0 Å². The van der Waals surface area contributed by atoms with Crippen LogP contribution >= 0.6 is 0 Å². The average molecular weight is 366 g/mol. The zero-order valence-electron chi connectivity index (χ0n) is 15.6. The molecule has 1 aliphatic heterocycles. The molecule has 2 aromatic carbocycles. The van der Waals surface area contributed by atoms with Gasteiger partial charge in [0, 0.05) is 5.56 Å². The minimum absolute atomic E-state index is 0.218. The first-order chi connectivity index (χ1) is 13.2. The molecule has 1 heterocycles. The molecule has 0 spiro atoms. The number of ether oxygens (including phenoxy) is 3. The first kappa shape index (κ1) is 17.3. The molecule has 0 aromatic heterocycles. The lowest BCUT2D eigenvalue weighted by Gasteiger charge is -2.34. The summed E-state index contributed by atoms with van der Waals surface area (Å²) >= 11 is 0. The second-order valence-corrected chi connectivity index (χ2v) is 6.55. The van der Waals surface area contributed by atoms with Crippen molar-refractivity contribution < 1.29 is 19.0 Å². The zero-order valence-corrected chi connectivity index (χ0v) is 15.6. The molecule has 6 nitrogen and oxygen atoms in total. The van der Waals surface area contributed by atoms with E-state index >= 15 is 0 Å². The van der Waals surface area contributed by atoms with E-state index in [0.717, 1.165) is 35.2 Å². The fourth-order valence-electron chi connectivity index (χ4n) is 3.91. The fourth-order valence-corrected chi connectivity index (χ4v) is 3.91. The molecule has 0 radical (unpaired) electrons. The molecular weight excluding hydrogens is 344 g/mol. The Bertz CT molecular complexity index is 911. The van der Waals surface area contributed by atoms with E-state index in [2.05, 4.69) is 22.8 Å². The van der Waals surface area contributed by atoms with Crippen LogP contribution in [0, 0.1) is 0 Å². The molecule has 1 atom stereocenters. The number of carbonyl (C=O) groups is 1. The third-order valence-corrected chi connectivity index (χ3v) is 5.15. The first-order valence-electron chi connectivity index (χ1n) is 8.85. The lowest BCUT2D eigenvalue weighted by molar-refractivity contribution is 0.240. The van der Waals surface area contributed by atoms with Crippen molar-refractivity contribution in [3.05, 3.63) is 58.7 Å². The summed E-state index contributed by atoms with van der Waals surface area (Å²) in [5.74, 6) is 1.67.